The van der Waals surface area contributed by atoms with Gasteiger partial charge in [0.25, 0.3) is 0 Å². The Morgan fingerprint density at radius 2 is 1.76 bits per heavy atom. The van der Waals surface area contributed by atoms with Crippen molar-refractivity contribution in [1.82, 2.24) is 0 Å². The van der Waals surface area contributed by atoms with E-state index < -0.39 is 0 Å². The molecule has 1 heteroatoms. The van der Waals surface area contributed by atoms with Crippen LogP contribution in [-0.4, -0.2) is 7.11 Å². The van der Waals surface area contributed by atoms with Gasteiger partial charge in [0.05, 0.1) is 0 Å². The smallest absolute Gasteiger partial charge is 0.143 e. The van der Waals surface area contributed by atoms with Crippen LogP contribution in [0.1, 0.15) is 35.3 Å². The van der Waals surface area contributed by atoms with Gasteiger partial charge in [-0.3, -0.25) is 0 Å². The zero-order valence-corrected chi connectivity index (χ0v) is 12.4. The summed E-state index contributed by atoms with van der Waals surface area (Å²) in [7, 11) is 1.61. The Bertz CT molecular complexity index is 693. The van der Waals surface area contributed by atoms with Gasteiger partial charge in [0.15, 0.2) is 0 Å². The molecule has 0 heterocycles. The van der Waals surface area contributed by atoms with Gasteiger partial charge in [-0.1, -0.05) is 55.0 Å². The first-order chi connectivity index (χ1) is 10.3. The average molecular weight is 274 g/mol. The lowest BCUT2D eigenvalue weighted by atomic mass is 10.0. The fraction of sp³-hybridized carbons (Fsp3) is 0.200. The van der Waals surface area contributed by atoms with Crippen molar-refractivity contribution in [2.45, 2.75) is 19.4 Å². The Labute approximate surface area is 127 Å². The van der Waals surface area contributed by atoms with Gasteiger partial charge in [0.1, 0.15) is 6.10 Å². The van der Waals surface area contributed by atoms with Gasteiger partial charge >= 0.3 is 0 Å². The van der Waals surface area contributed by atoms with Gasteiger partial charge in [-0.05, 0) is 30.2 Å². The minimum absolute atomic E-state index is 0.363. The van der Waals surface area contributed by atoms with E-state index in [0.717, 1.165) is 23.1 Å². The van der Waals surface area contributed by atoms with Crippen molar-refractivity contribution in [3.8, 4) is 24.2 Å². The molecule has 0 N–H and O–H groups in total. The fourth-order valence-electron chi connectivity index (χ4n) is 2.09. The summed E-state index contributed by atoms with van der Waals surface area (Å²) in [5, 5.41) is 0. The monoisotopic (exact) mass is 274 g/mol. The maximum Gasteiger partial charge on any atom is 0.143 e. The largest absolute Gasteiger partial charge is 0.364 e. The molecule has 0 aliphatic heterocycles. The highest BCUT2D eigenvalue weighted by Gasteiger charge is 2.09. The Morgan fingerprint density at radius 1 is 1.05 bits per heavy atom. The van der Waals surface area contributed by atoms with Gasteiger partial charge in [-0.2, -0.15) is 0 Å². The molecular weight excluding hydrogens is 256 g/mol. The third kappa shape index (κ3) is 3.76. The molecule has 0 aromatic heterocycles. The molecule has 0 aliphatic rings. The fourth-order valence-corrected chi connectivity index (χ4v) is 2.09. The standard InChI is InChI=1S/C20H18O/c1-4-16-10-12-17(13-11-16)14-15-18-8-6-7-9-19(18)20(5-2)21-3/h2,6-13,20H,4H2,1,3H3. The molecule has 2 aromatic rings. The second kappa shape index (κ2) is 7.34. The van der Waals surface area contributed by atoms with E-state index in [9.17, 15) is 0 Å². The molecule has 1 atom stereocenters. The van der Waals surface area contributed by atoms with Crippen LogP contribution in [0.25, 0.3) is 0 Å². The summed E-state index contributed by atoms with van der Waals surface area (Å²) in [6, 6.07) is 16.1. The molecule has 0 amide bonds. The minimum Gasteiger partial charge on any atom is -0.364 e. The summed E-state index contributed by atoms with van der Waals surface area (Å²) in [5.41, 5.74) is 4.14. The lowest BCUT2D eigenvalue weighted by molar-refractivity contribution is 0.150. The molecule has 0 fully saturated rings. The first-order valence-corrected chi connectivity index (χ1v) is 6.97. The van der Waals surface area contributed by atoms with E-state index in [1.807, 2.05) is 36.4 Å². The van der Waals surface area contributed by atoms with Gasteiger partial charge in [0.2, 0.25) is 0 Å². The van der Waals surface area contributed by atoms with E-state index in [-0.39, 0.29) is 6.10 Å². The molecule has 1 nitrogen and oxygen atoms in total. The Balaban J connectivity index is 2.32. The molecule has 0 aliphatic carbocycles. The van der Waals surface area contributed by atoms with E-state index in [1.165, 1.54) is 5.56 Å². The number of hydrogen-bond donors (Lipinski definition) is 0. The highest BCUT2D eigenvalue weighted by molar-refractivity contribution is 5.48. The number of benzene rings is 2. The molecular formula is C20H18O. The Hall–Kier alpha value is -2.48. The summed E-state index contributed by atoms with van der Waals surface area (Å²) in [6.45, 7) is 2.14. The molecule has 0 saturated carbocycles. The minimum atomic E-state index is -0.363. The molecule has 104 valence electrons. The van der Waals surface area contributed by atoms with E-state index in [1.54, 1.807) is 7.11 Å². The average Bonchev–Trinajstić information content (AvgIpc) is 2.55. The molecule has 2 aromatic carbocycles. The van der Waals surface area contributed by atoms with Gasteiger partial charge < -0.3 is 4.74 Å². The highest BCUT2D eigenvalue weighted by Crippen LogP contribution is 2.19. The first-order valence-electron chi connectivity index (χ1n) is 6.97. The van der Waals surface area contributed by atoms with Crippen LogP contribution >= 0.6 is 0 Å². The third-order valence-electron chi connectivity index (χ3n) is 3.33. The predicted molar refractivity (Wildman–Crippen MR) is 86.8 cm³/mol. The normalized spacial score (nSPS) is 11.1. The van der Waals surface area contributed by atoms with Crippen LogP contribution in [0.5, 0.6) is 0 Å². The van der Waals surface area contributed by atoms with Crippen LogP contribution in [0.15, 0.2) is 48.5 Å². The Kier molecular flexibility index (Phi) is 5.22. The van der Waals surface area contributed by atoms with Crippen molar-refractivity contribution < 1.29 is 4.74 Å². The van der Waals surface area contributed by atoms with Crippen molar-refractivity contribution in [2.75, 3.05) is 7.11 Å². The van der Waals surface area contributed by atoms with Crippen molar-refractivity contribution in [2.24, 2.45) is 0 Å². The number of ether oxygens (including phenoxy) is 1. The topological polar surface area (TPSA) is 9.23 Å². The van der Waals surface area contributed by atoms with Crippen LogP contribution in [0.4, 0.5) is 0 Å². The zero-order chi connectivity index (χ0) is 15.1. The molecule has 2 rings (SSSR count). The van der Waals surface area contributed by atoms with E-state index in [4.69, 9.17) is 11.2 Å². The third-order valence-corrected chi connectivity index (χ3v) is 3.33. The quantitative estimate of drug-likeness (QED) is 0.770. The maximum absolute atomic E-state index is 5.50. The van der Waals surface area contributed by atoms with Crippen LogP contribution in [0.2, 0.25) is 0 Å². The summed E-state index contributed by atoms with van der Waals surface area (Å²) in [4.78, 5) is 0. The van der Waals surface area contributed by atoms with Gasteiger partial charge in [0, 0.05) is 23.8 Å². The molecule has 0 spiro atoms. The number of aryl methyl sites for hydroxylation is 1. The van der Waals surface area contributed by atoms with Crippen LogP contribution in [0, 0.1) is 24.2 Å². The second-order valence-corrected chi connectivity index (χ2v) is 4.67. The van der Waals surface area contributed by atoms with Crippen LogP contribution in [0.3, 0.4) is 0 Å². The molecule has 0 radical (unpaired) electrons. The highest BCUT2D eigenvalue weighted by atomic mass is 16.5. The Morgan fingerprint density at radius 3 is 2.38 bits per heavy atom. The van der Waals surface area contributed by atoms with E-state index in [2.05, 4.69) is 36.8 Å². The number of hydrogen-bond acceptors (Lipinski definition) is 1. The molecule has 0 bridgehead atoms. The summed E-state index contributed by atoms with van der Waals surface area (Å²) < 4.78 is 5.30. The lowest BCUT2D eigenvalue weighted by Gasteiger charge is -2.10. The van der Waals surface area contributed by atoms with Crippen LogP contribution < -0.4 is 0 Å². The molecule has 0 saturated heterocycles. The number of terminal acetylenes is 1. The number of methoxy groups -OCH3 is 1. The van der Waals surface area contributed by atoms with Crippen molar-refractivity contribution in [3.63, 3.8) is 0 Å². The maximum atomic E-state index is 5.50. The predicted octanol–water partition coefficient (Wildman–Crippen LogP) is 3.97. The molecule has 1 unspecified atom stereocenters. The lowest BCUT2D eigenvalue weighted by Crippen LogP contribution is -2.00. The van der Waals surface area contributed by atoms with E-state index >= 15 is 0 Å². The van der Waals surface area contributed by atoms with Crippen LogP contribution in [-0.2, 0) is 11.2 Å². The summed E-state index contributed by atoms with van der Waals surface area (Å²) >= 11 is 0. The summed E-state index contributed by atoms with van der Waals surface area (Å²) in [6.07, 6.45) is 6.17. The molecule has 21 heavy (non-hydrogen) atoms. The van der Waals surface area contributed by atoms with Crippen molar-refractivity contribution in [3.05, 3.63) is 70.8 Å². The van der Waals surface area contributed by atoms with Gasteiger partial charge in [-0.15, -0.1) is 6.42 Å². The van der Waals surface area contributed by atoms with Gasteiger partial charge in [-0.25, -0.2) is 0 Å². The number of rotatable bonds is 3. The zero-order valence-electron chi connectivity index (χ0n) is 12.4. The SMILES string of the molecule is C#CC(OC)c1ccccc1C#Cc1ccc(CC)cc1. The van der Waals surface area contributed by atoms with Crippen molar-refractivity contribution >= 4 is 0 Å². The van der Waals surface area contributed by atoms with Crippen molar-refractivity contribution in [1.29, 1.82) is 0 Å². The van der Waals surface area contributed by atoms with E-state index in [0.29, 0.717) is 0 Å². The first kappa shape index (κ1) is 14.9. The second-order valence-electron chi connectivity index (χ2n) is 4.67. The summed E-state index contributed by atoms with van der Waals surface area (Å²) in [5.74, 6) is 9.00.